The molecule has 0 spiro atoms. The monoisotopic (exact) mass is 440 g/mol. The SMILES string of the molecule is Cn1c(CC(=O)Nc2ccc(Cl)c(Cl)c2)nnc1SCc1ccccc1Cl. The summed E-state index contributed by atoms with van der Waals surface area (Å²) in [6.07, 6.45) is 0.0936. The molecule has 0 fully saturated rings. The molecule has 1 amide bonds. The number of carbonyl (C=O) groups excluding carboxylic acids is 1. The molecule has 0 aliphatic carbocycles. The maximum atomic E-state index is 12.3. The minimum atomic E-state index is -0.216. The third-order valence-corrected chi connectivity index (χ3v) is 5.94. The maximum Gasteiger partial charge on any atom is 0.232 e. The molecule has 0 radical (unpaired) electrons. The molecule has 2 aromatic carbocycles. The third kappa shape index (κ3) is 5.17. The zero-order valence-corrected chi connectivity index (χ0v) is 17.3. The Morgan fingerprint density at radius 2 is 1.85 bits per heavy atom. The van der Waals surface area contributed by atoms with E-state index in [2.05, 4.69) is 15.5 Å². The van der Waals surface area contributed by atoms with Crippen LogP contribution in [0, 0.1) is 0 Å². The summed E-state index contributed by atoms with van der Waals surface area (Å²) in [5, 5.41) is 13.3. The second kappa shape index (κ2) is 8.97. The standard InChI is InChI=1S/C18H15Cl3N4OS/c1-25-16(9-17(26)22-12-6-7-14(20)15(21)8-12)23-24-18(25)27-10-11-4-2-3-5-13(11)19/h2-8H,9-10H2,1H3,(H,22,26). The van der Waals surface area contributed by atoms with Crippen molar-refractivity contribution in [1.82, 2.24) is 14.8 Å². The summed E-state index contributed by atoms with van der Waals surface area (Å²) in [7, 11) is 1.83. The van der Waals surface area contributed by atoms with E-state index >= 15 is 0 Å². The van der Waals surface area contributed by atoms with E-state index in [-0.39, 0.29) is 12.3 Å². The van der Waals surface area contributed by atoms with Gasteiger partial charge in [0.25, 0.3) is 0 Å². The van der Waals surface area contributed by atoms with E-state index in [9.17, 15) is 4.79 Å². The highest BCUT2D eigenvalue weighted by atomic mass is 35.5. The lowest BCUT2D eigenvalue weighted by molar-refractivity contribution is -0.115. The molecule has 1 aromatic heterocycles. The van der Waals surface area contributed by atoms with Crippen LogP contribution in [0.5, 0.6) is 0 Å². The molecule has 0 bridgehead atoms. The number of carbonyl (C=O) groups is 1. The van der Waals surface area contributed by atoms with Crippen LogP contribution in [0.4, 0.5) is 5.69 Å². The molecule has 0 saturated carbocycles. The summed E-state index contributed by atoms with van der Waals surface area (Å²) in [6.45, 7) is 0. The molecule has 1 N–H and O–H groups in total. The first-order valence-corrected chi connectivity index (χ1v) is 10.1. The number of halogens is 3. The maximum absolute atomic E-state index is 12.3. The number of rotatable bonds is 6. The first-order chi connectivity index (χ1) is 12.9. The van der Waals surface area contributed by atoms with E-state index in [4.69, 9.17) is 34.8 Å². The third-order valence-electron chi connectivity index (χ3n) is 3.76. The second-order valence-electron chi connectivity index (χ2n) is 5.69. The van der Waals surface area contributed by atoms with Gasteiger partial charge < -0.3 is 9.88 Å². The van der Waals surface area contributed by atoms with Crippen molar-refractivity contribution in [2.75, 3.05) is 5.32 Å². The number of hydrogen-bond acceptors (Lipinski definition) is 4. The number of aromatic nitrogens is 3. The lowest BCUT2D eigenvalue weighted by atomic mass is 10.2. The molecule has 9 heteroatoms. The smallest absolute Gasteiger partial charge is 0.232 e. The second-order valence-corrected chi connectivity index (χ2v) is 7.86. The number of thioether (sulfide) groups is 1. The van der Waals surface area contributed by atoms with Gasteiger partial charge in [0.15, 0.2) is 5.16 Å². The molecule has 27 heavy (non-hydrogen) atoms. The number of anilines is 1. The Bertz CT molecular complexity index is 977. The Labute approximate surface area is 176 Å². The minimum Gasteiger partial charge on any atom is -0.326 e. The first kappa shape index (κ1) is 20.0. The molecule has 0 saturated heterocycles. The molecule has 1 heterocycles. The molecule has 0 atom stereocenters. The lowest BCUT2D eigenvalue weighted by Crippen LogP contribution is -2.17. The van der Waals surface area contributed by atoms with Gasteiger partial charge in [-0.05, 0) is 29.8 Å². The van der Waals surface area contributed by atoms with E-state index in [0.717, 1.165) is 5.56 Å². The van der Waals surface area contributed by atoms with Gasteiger partial charge in [-0.25, -0.2) is 0 Å². The van der Waals surface area contributed by atoms with Crippen molar-refractivity contribution in [3.05, 3.63) is 68.9 Å². The predicted molar refractivity (Wildman–Crippen MR) is 111 cm³/mol. The van der Waals surface area contributed by atoms with Crippen LogP contribution in [0.25, 0.3) is 0 Å². The zero-order valence-electron chi connectivity index (χ0n) is 14.2. The van der Waals surface area contributed by atoms with Crippen LogP contribution in [-0.2, 0) is 24.0 Å². The van der Waals surface area contributed by atoms with Gasteiger partial charge in [-0.3, -0.25) is 4.79 Å². The average molecular weight is 442 g/mol. The van der Waals surface area contributed by atoms with Crippen LogP contribution in [0.3, 0.4) is 0 Å². The summed E-state index contributed by atoms with van der Waals surface area (Å²) < 4.78 is 1.80. The normalized spacial score (nSPS) is 10.8. The summed E-state index contributed by atoms with van der Waals surface area (Å²) in [5.41, 5.74) is 1.59. The van der Waals surface area contributed by atoms with Gasteiger partial charge in [0.05, 0.1) is 16.5 Å². The van der Waals surface area contributed by atoms with Crippen molar-refractivity contribution in [2.45, 2.75) is 17.3 Å². The highest BCUT2D eigenvalue weighted by Gasteiger charge is 2.14. The highest BCUT2D eigenvalue weighted by Crippen LogP contribution is 2.26. The Balaban J connectivity index is 1.62. The Hall–Kier alpha value is -1.73. The fourth-order valence-corrected chi connectivity index (χ4v) is 3.82. The van der Waals surface area contributed by atoms with Crippen molar-refractivity contribution >= 4 is 58.2 Å². The largest absolute Gasteiger partial charge is 0.326 e. The number of benzene rings is 2. The van der Waals surface area contributed by atoms with Crippen LogP contribution in [0.1, 0.15) is 11.4 Å². The lowest BCUT2D eigenvalue weighted by Gasteiger charge is -2.07. The van der Waals surface area contributed by atoms with Gasteiger partial charge in [0.2, 0.25) is 5.91 Å². The fraction of sp³-hybridized carbons (Fsp3) is 0.167. The Morgan fingerprint density at radius 1 is 1.07 bits per heavy atom. The minimum absolute atomic E-state index is 0.0936. The molecule has 3 rings (SSSR count). The number of hydrogen-bond donors (Lipinski definition) is 1. The highest BCUT2D eigenvalue weighted by molar-refractivity contribution is 7.98. The van der Waals surface area contributed by atoms with Crippen molar-refractivity contribution in [3.8, 4) is 0 Å². The summed E-state index contributed by atoms with van der Waals surface area (Å²) >= 11 is 19.5. The summed E-state index contributed by atoms with van der Waals surface area (Å²) in [6, 6.07) is 12.6. The number of nitrogens with zero attached hydrogens (tertiary/aromatic N) is 3. The van der Waals surface area contributed by atoms with Gasteiger partial charge in [-0.1, -0.05) is 64.8 Å². The van der Waals surface area contributed by atoms with Crippen molar-refractivity contribution in [2.24, 2.45) is 7.05 Å². The van der Waals surface area contributed by atoms with E-state index in [1.54, 1.807) is 22.8 Å². The van der Waals surface area contributed by atoms with Gasteiger partial charge in [0, 0.05) is 23.5 Å². The number of amides is 1. The first-order valence-electron chi connectivity index (χ1n) is 7.93. The van der Waals surface area contributed by atoms with Crippen molar-refractivity contribution in [3.63, 3.8) is 0 Å². The molecule has 0 aliphatic heterocycles. The predicted octanol–water partition coefficient (Wildman–Crippen LogP) is 5.25. The van der Waals surface area contributed by atoms with Crippen molar-refractivity contribution < 1.29 is 4.79 Å². The summed E-state index contributed by atoms with van der Waals surface area (Å²) in [5.74, 6) is 1.02. The fourth-order valence-electron chi connectivity index (χ4n) is 2.31. The van der Waals surface area contributed by atoms with Gasteiger partial charge >= 0.3 is 0 Å². The van der Waals surface area contributed by atoms with Crippen molar-refractivity contribution in [1.29, 1.82) is 0 Å². The quantitative estimate of drug-likeness (QED) is 0.531. The Kier molecular flexibility index (Phi) is 6.65. The molecule has 140 valence electrons. The van der Waals surface area contributed by atoms with Crippen LogP contribution in [-0.4, -0.2) is 20.7 Å². The molecule has 3 aromatic rings. The molecule has 0 aliphatic rings. The molecule has 5 nitrogen and oxygen atoms in total. The van der Waals surface area contributed by atoms with Gasteiger partial charge in [0.1, 0.15) is 5.82 Å². The average Bonchev–Trinajstić information content (AvgIpc) is 2.97. The van der Waals surface area contributed by atoms with E-state index < -0.39 is 0 Å². The van der Waals surface area contributed by atoms with Gasteiger partial charge in [-0.15, -0.1) is 10.2 Å². The zero-order chi connectivity index (χ0) is 19.4. The van der Waals surface area contributed by atoms with E-state index in [1.807, 2.05) is 31.3 Å². The van der Waals surface area contributed by atoms with Crippen LogP contribution in [0.2, 0.25) is 15.1 Å². The number of nitrogens with one attached hydrogen (secondary N) is 1. The Morgan fingerprint density at radius 3 is 2.59 bits per heavy atom. The van der Waals surface area contributed by atoms with Crippen LogP contribution >= 0.6 is 46.6 Å². The summed E-state index contributed by atoms with van der Waals surface area (Å²) in [4.78, 5) is 12.3. The van der Waals surface area contributed by atoms with Crippen LogP contribution in [0.15, 0.2) is 47.6 Å². The van der Waals surface area contributed by atoms with Gasteiger partial charge in [-0.2, -0.15) is 0 Å². The molecule has 0 unspecified atom stereocenters. The topological polar surface area (TPSA) is 59.8 Å². The van der Waals surface area contributed by atoms with E-state index in [1.165, 1.54) is 11.8 Å². The van der Waals surface area contributed by atoms with E-state index in [0.29, 0.717) is 37.5 Å². The molecular formula is C18H15Cl3N4OS. The molecular weight excluding hydrogens is 427 g/mol. The van der Waals surface area contributed by atoms with Crippen LogP contribution < -0.4 is 5.32 Å².